The van der Waals surface area contributed by atoms with Crippen molar-refractivity contribution >= 4 is 50.9 Å². The first-order valence-corrected chi connectivity index (χ1v) is 10.2. The summed E-state index contributed by atoms with van der Waals surface area (Å²) in [6.45, 7) is 2.28. The van der Waals surface area contributed by atoms with Crippen LogP contribution in [0, 0.1) is 0 Å². The van der Waals surface area contributed by atoms with E-state index in [4.69, 9.17) is 15.8 Å². The Kier molecular flexibility index (Phi) is 3.77. The molecule has 2 aliphatic rings. The molecule has 7 heteroatoms. The topological polar surface area (TPSA) is 63.8 Å². The van der Waals surface area contributed by atoms with Crippen LogP contribution in [0.4, 0.5) is 5.82 Å². The molecule has 0 saturated carbocycles. The van der Waals surface area contributed by atoms with Gasteiger partial charge in [0.05, 0.1) is 10.6 Å². The molecule has 3 N–H and O–H groups in total. The van der Waals surface area contributed by atoms with Gasteiger partial charge in [0.15, 0.2) is 5.82 Å². The van der Waals surface area contributed by atoms with E-state index in [0.717, 1.165) is 22.9 Å². The van der Waals surface area contributed by atoms with Crippen LogP contribution in [0.25, 0.3) is 10.2 Å². The quantitative estimate of drug-likeness (QED) is 0.646. The van der Waals surface area contributed by atoms with Crippen LogP contribution in [0.5, 0.6) is 0 Å². The number of aromatic nitrogens is 2. The summed E-state index contributed by atoms with van der Waals surface area (Å²) in [4.78, 5) is 12.3. The number of thiophene rings is 1. The lowest BCUT2D eigenvalue weighted by Gasteiger charge is -2.26. The van der Waals surface area contributed by atoms with E-state index in [-0.39, 0.29) is 0 Å². The molecule has 1 aliphatic carbocycles. The largest absolute Gasteiger partial charge is 0.308 e. The molecule has 4 nitrogen and oxygen atoms in total. The minimum atomic E-state index is 0.372. The molecule has 0 aromatic carbocycles. The number of hydrogen-bond acceptors (Lipinski definition) is 7. The number of nitrogens with two attached hydrogens (primary N) is 1. The Morgan fingerprint density at radius 3 is 2.86 bits per heavy atom. The van der Waals surface area contributed by atoms with Crippen LogP contribution in [0.15, 0.2) is 0 Å². The highest BCUT2D eigenvalue weighted by Gasteiger charge is 2.29. The molecule has 2 atom stereocenters. The minimum absolute atomic E-state index is 0.372. The molecule has 1 saturated heterocycles. The number of rotatable bonds is 2. The second kappa shape index (κ2) is 5.61. The summed E-state index contributed by atoms with van der Waals surface area (Å²) < 4.78 is 0. The third-order valence-electron chi connectivity index (χ3n) is 4.16. The lowest BCUT2D eigenvalue weighted by Crippen LogP contribution is -2.19. The molecule has 1 aliphatic heterocycles. The molecule has 1 fully saturated rings. The zero-order valence-electron chi connectivity index (χ0n) is 11.9. The molecule has 112 valence electrons. The van der Waals surface area contributed by atoms with Crippen LogP contribution in [0.1, 0.15) is 34.9 Å². The normalized spacial score (nSPS) is 25.2. The van der Waals surface area contributed by atoms with Crippen molar-refractivity contribution in [1.29, 1.82) is 0 Å². The van der Waals surface area contributed by atoms with Gasteiger partial charge in [0, 0.05) is 21.6 Å². The number of nitrogen functional groups attached to an aromatic ring is 1. The maximum Gasteiger partial charge on any atom is 0.152 e. The molecule has 0 amide bonds. The summed E-state index contributed by atoms with van der Waals surface area (Å²) in [5.74, 6) is 9.91. The Bertz CT molecular complexity index is 684. The van der Waals surface area contributed by atoms with Gasteiger partial charge in [0.25, 0.3) is 0 Å². The maximum absolute atomic E-state index is 5.75. The summed E-state index contributed by atoms with van der Waals surface area (Å²) >= 11 is 5.82. The molecule has 0 bridgehead atoms. The lowest BCUT2D eigenvalue weighted by atomic mass is 10.2. The van der Waals surface area contributed by atoms with Gasteiger partial charge in [-0.15, -0.1) is 23.1 Å². The van der Waals surface area contributed by atoms with E-state index < -0.39 is 0 Å². The van der Waals surface area contributed by atoms with Crippen molar-refractivity contribution in [2.24, 2.45) is 5.84 Å². The monoisotopic (exact) mass is 338 g/mol. The van der Waals surface area contributed by atoms with Crippen molar-refractivity contribution in [3.8, 4) is 0 Å². The van der Waals surface area contributed by atoms with Crippen LogP contribution in [0.3, 0.4) is 0 Å². The number of hydrazine groups is 1. The first-order chi connectivity index (χ1) is 10.3. The van der Waals surface area contributed by atoms with Crippen molar-refractivity contribution < 1.29 is 0 Å². The molecule has 2 aromatic rings. The molecule has 2 aromatic heterocycles. The van der Waals surface area contributed by atoms with E-state index >= 15 is 0 Å². The first kappa shape index (κ1) is 14.1. The van der Waals surface area contributed by atoms with Gasteiger partial charge in [-0.1, -0.05) is 6.92 Å². The highest BCUT2D eigenvalue weighted by atomic mass is 32.2. The fourth-order valence-corrected chi connectivity index (χ4v) is 7.12. The number of anilines is 1. The highest BCUT2D eigenvalue weighted by molar-refractivity contribution is 8.06. The van der Waals surface area contributed by atoms with Crippen LogP contribution < -0.4 is 11.3 Å². The summed E-state index contributed by atoms with van der Waals surface area (Å²) in [5, 5.41) is 2.09. The van der Waals surface area contributed by atoms with Gasteiger partial charge in [0.1, 0.15) is 10.7 Å². The van der Waals surface area contributed by atoms with Gasteiger partial charge in [-0.2, -0.15) is 11.8 Å². The Morgan fingerprint density at radius 2 is 2.05 bits per heavy atom. The zero-order valence-corrected chi connectivity index (χ0v) is 14.3. The first-order valence-electron chi connectivity index (χ1n) is 7.30. The number of thioether (sulfide) groups is 2. The Labute approximate surface area is 136 Å². The maximum atomic E-state index is 5.75. The lowest BCUT2D eigenvalue weighted by molar-refractivity contribution is 0.834. The predicted octanol–water partition coefficient (Wildman–Crippen LogP) is 3.38. The van der Waals surface area contributed by atoms with E-state index in [9.17, 15) is 0 Å². The third kappa shape index (κ3) is 2.34. The Morgan fingerprint density at radius 1 is 1.19 bits per heavy atom. The van der Waals surface area contributed by atoms with Crippen molar-refractivity contribution in [2.75, 3.05) is 16.9 Å². The second-order valence-corrected chi connectivity index (χ2v) is 9.30. The van der Waals surface area contributed by atoms with Crippen LogP contribution >= 0.6 is 34.9 Å². The van der Waals surface area contributed by atoms with Crippen LogP contribution in [0.2, 0.25) is 0 Å². The SMILES string of the molecule is CC1SCCSC1c1nc(NN)c2c3c(sc2n1)CCC3. The molecule has 2 unspecified atom stereocenters. The van der Waals surface area contributed by atoms with Crippen molar-refractivity contribution in [3.63, 3.8) is 0 Å². The average molecular weight is 339 g/mol. The van der Waals surface area contributed by atoms with Crippen LogP contribution in [-0.4, -0.2) is 26.7 Å². The molecular formula is C14H18N4S3. The van der Waals surface area contributed by atoms with Crippen molar-refractivity contribution in [2.45, 2.75) is 36.7 Å². The van der Waals surface area contributed by atoms with Crippen LogP contribution in [-0.2, 0) is 12.8 Å². The number of aryl methyl sites for hydroxylation is 2. The van der Waals surface area contributed by atoms with Crippen molar-refractivity contribution in [1.82, 2.24) is 9.97 Å². The van der Waals surface area contributed by atoms with E-state index in [1.54, 1.807) is 0 Å². The second-order valence-electron chi connectivity index (χ2n) is 5.48. The standard InChI is InChI=1S/C14H18N4S3/c1-7-11(20-6-5-19-7)13-16-12(18-15)10-8-3-2-4-9(8)21-14(10)17-13/h7,11H,2-6,15H2,1H3,(H,16,17,18). The molecule has 3 heterocycles. The molecule has 0 radical (unpaired) electrons. The minimum Gasteiger partial charge on any atom is -0.308 e. The van der Waals surface area contributed by atoms with E-state index in [0.29, 0.717) is 10.5 Å². The van der Waals surface area contributed by atoms with Crippen molar-refractivity contribution in [3.05, 3.63) is 16.3 Å². The molecule has 4 rings (SSSR count). The summed E-state index contributed by atoms with van der Waals surface area (Å²) in [7, 11) is 0. The summed E-state index contributed by atoms with van der Waals surface area (Å²) in [6.07, 6.45) is 3.56. The fourth-order valence-electron chi connectivity index (χ4n) is 3.16. The number of fused-ring (bicyclic) bond motifs is 3. The number of nitrogens with zero attached hydrogens (tertiary/aromatic N) is 2. The smallest absolute Gasteiger partial charge is 0.152 e. The van der Waals surface area contributed by atoms with Gasteiger partial charge in [-0.05, 0) is 24.8 Å². The Hall–Kier alpha value is -0.500. The molecular weight excluding hydrogens is 320 g/mol. The summed E-state index contributed by atoms with van der Waals surface area (Å²) in [6, 6.07) is 0. The van der Waals surface area contributed by atoms with Gasteiger partial charge in [-0.25, -0.2) is 15.8 Å². The fraction of sp³-hybridized carbons (Fsp3) is 0.571. The number of hydrogen-bond donors (Lipinski definition) is 2. The van der Waals surface area contributed by atoms with Gasteiger partial charge < -0.3 is 5.43 Å². The van der Waals surface area contributed by atoms with E-state index in [1.165, 1.54) is 40.2 Å². The van der Waals surface area contributed by atoms with E-state index in [1.807, 2.05) is 34.9 Å². The highest BCUT2D eigenvalue weighted by Crippen LogP contribution is 2.44. The zero-order chi connectivity index (χ0) is 14.4. The molecule has 21 heavy (non-hydrogen) atoms. The third-order valence-corrected chi connectivity index (χ3v) is 8.43. The predicted molar refractivity (Wildman–Crippen MR) is 94.4 cm³/mol. The number of nitrogens with one attached hydrogen (secondary N) is 1. The molecule has 0 spiro atoms. The van der Waals surface area contributed by atoms with Gasteiger partial charge in [-0.3, -0.25) is 0 Å². The Balaban J connectivity index is 1.84. The van der Waals surface area contributed by atoms with Gasteiger partial charge in [0.2, 0.25) is 0 Å². The van der Waals surface area contributed by atoms with Gasteiger partial charge >= 0.3 is 0 Å². The summed E-state index contributed by atoms with van der Waals surface area (Å²) in [5.41, 5.74) is 4.24. The average Bonchev–Trinajstić information content (AvgIpc) is 3.07. The van der Waals surface area contributed by atoms with E-state index in [2.05, 4.69) is 12.3 Å².